The van der Waals surface area contributed by atoms with Crippen LogP contribution in [0.4, 0.5) is 4.79 Å². The Hall–Kier alpha value is 0.455. The van der Waals surface area contributed by atoms with Crippen LogP contribution in [-0.2, 0) is 20.1 Å². The summed E-state index contributed by atoms with van der Waals surface area (Å²) in [6.07, 6.45) is 0.116. The molecule has 5 rings (SSSR count). The second-order valence-corrected chi connectivity index (χ2v) is 17.5. The minimum atomic E-state index is -1.15. The van der Waals surface area contributed by atoms with Gasteiger partial charge < -0.3 is 0 Å². The van der Waals surface area contributed by atoms with E-state index in [9.17, 15) is 19.5 Å². The predicted molar refractivity (Wildman–Crippen MR) is 181 cm³/mol. The van der Waals surface area contributed by atoms with Crippen molar-refractivity contribution in [3.05, 3.63) is 29.8 Å². The molecule has 4 aliphatic rings. The summed E-state index contributed by atoms with van der Waals surface area (Å²) >= 11 is 21.4. The van der Waals surface area contributed by atoms with Gasteiger partial charge in [0.15, 0.2) is 0 Å². The maximum absolute atomic E-state index is 13.5. The molecule has 0 saturated heterocycles. The van der Waals surface area contributed by atoms with Crippen molar-refractivity contribution < 1.29 is 24.2 Å². The summed E-state index contributed by atoms with van der Waals surface area (Å²) in [5.74, 6) is 1.56. The van der Waals surface area contributed by atoms with Crippen LogP contribution in [0.5, 0.6) is 0 Å². The van der Waals surface area contributed by atoms with Gasteiger partial charge in [0.25, 0.3) is 0 Å². The number of hydrogen-bond donors (Lipinski definition) is 5. The maximum atomic E-state index is 13.5. The summed E-state index contributed by atoms with van der Waals surface area (Å²) in [6.45, 7) is 2.08. The van der Waals surface area contributed by atoms with Crippen LogP contribution in [-0.4, -0.2) is 73.1 Å². The number of esters is 1. The van der Waals surface area contributed by atoms with Crippen LogP contribution in [0, 0.1) is 22.7 Å². The van der Waals surface area contributed by atoms with Gasteiger partial charge in [-0.15, -0.1) is 0 Å². The number of carbonyl (C=O) groups excluding carboxylic acids is 3. The molecule has 1 radical (unpaired) electrons. The van der Waals surface area contributed by atoms with Gasteiger partial charge in [-0.2, -0.15) is 0 Å². The van der Waals surface area contributed by atoms with E-state index in [1.54, 1.807) is 0 Å². The zero-order valence-electron chi connectivity index (χ0n) is 21.9. The number of Topliss-reactive ketones (excluding diaryl/α,β-unsaturated/α-hetero) is 1. The van der Waals surface area contributed by atoms with Crippen LogP contribution in [0.1, 0.15) is 38.2 Å². The third-order valence-electron chi connectivity index (χ3n) is 9.91. The second-order valence-electron chi connectivity index (χ2n) is 11.8. The molecule has 1 aromatic rings. The molecule has 4 saturated carbocycles. The third kappa shape index (κ3) is 4.85. The number of aliphatic hydroxyl groups is 1. The number of aliphatic hydroxyl groups excluding tert-OH is 1. The number of hydrogen-bond acceptors (Lipinski definition) is 10. The summed E-state index contributed by atoms with van der Waals surface area (Å²) in [7, 11) is 8.95. The molecule has 40 heavy (non-hydrogen) atoms. The van der Waals surface area contributed by atoms with Crippen molar-refractivity contribution in [2.45, 2.75) is 75.9 Å². The van der Waals surface area contributed by atoms with Crippen molar-refractivity contribution in [3.8, 4) is 0 Å². The Morgan fingerprint density at radius 3 is 2.70 bits per heavy atom. The molecule has 11 atom stereocenters. The van der Waals surface area contributed by atoms with E-state index >= 15 is 0 Å². The summed E-state index contributed by atoms with van der Waals surface area (Å²) in [5, 5.41) is 11.4. The Morgan fingerprint density at radius 2 is 2.02 bits per heavy atom. The molecule has 1 N–H and O–H groups in total. The van der Waals surface area contributed by atoms with E-state index in [1.807, 2.05) is 24.3 Å². The molecule has 5 nitrogen and oxygen atoms in total. The molecule has 215 valence electrons. The summed E-state index contributed by atoms with van der Waals surface area (Å²) in [4.78, 5) is 39.0. The Bertz CT molecular complexity index is 1260. The molecule has 2 spiro atoms. The molecular weight excluding hydrogens is 638 g/mol. The quantitative estimate of drug-likeness (QED) is 0.0955. The molecule has 0 aliphatic heterocycles. The Morgan fingerprint density at radius 1 is 1.30 bits per heavy atom. The van der Waals surface area contributed by atoms with Gasteiger partial charge in [-0.3, -0.25) is 4.79 Å². The zero-order valence-corrected chi connectivity index (χ0v) is 28.3. The fourth-order valence-corrected chi connectivity index (χ4v) is 12.4. The van der Waals surface area contributed by atoms with Gasteiger partial charge in [0.2, 0.25) is 4.45 Å². The van der Waals surface area contributed by atoms with Gasteiger partial charge in [-0.25, -0.2) is 0 Å². The van der Waals surface area contributed by atoms with Gasteiger partial charge in [0.1, 0.15) is 0 Å². The standard InChI is InChI=1S/C27H33BO5PS6/c1-13-5-16(29)24-8-18(35)27(38)17(7-25(37,12-28)20(31)21(34)26(13,11-24)22(24)27)33-19(30)10-39-15-4-2-3-14(6-15)9-40-23(32)36/h2-4,6,12-13,17-18,20-22,31,35,37-38H,5,7-11,34H2,1H3,(H,32,36)/t13?,17-,18?,20?,21+,22?,24?,25-,26?,27+/m1/s1. The van der Waals surface area contributed by atoms with Gasteiger partial charge in [-0.05, 0) is 0 Å². The first kappa shape index (κ1) is 31.9. The molecule has 4 aliphatic carbocycles. The van der Waals surface area contributed by atoms with Crippen molar-refractivity contribution in [3.63, 3.8) is 0 Å². The van der Waals surface area contributed by atoms with E-state index in [0.717, 1.165) is 22.2 Å². The van der Waals surface area contributed by atoms with Gasteiger partial charge in [-0.1, -0.05) is 24.4 Å². The average Bonchev–Trinajstić information content (AvgIpc) is 3.08. The molecule has 4 fully saturated rings. The van der Waals surface area contributed by atoms with Crippen molar-refractivity contribution in [2.75, 3.05) is 5.75 Å². The van der Waals surface area contributed by atoms with Crippen LogP contribution in [0.2, 0.25) is 0 Å². The normalized spacial score (nSPS) is 43.6. The Balaban J connectivity index is 1.43. The molecule has 7 unspecified atom stereocenters. The van der Waals surface area contributed by atoms with E-state index in [-0.39, 0.29) is 45.1 Å². The summed E-state index contributed by atoms with van der Waals surface area (Å²) in [5.41, 5.74) is -0.286. The average molecular weight is 672 g/mol. The molecule has 13 heteroatoms. The number of rotatable bonds is 7. The van der Waals surface area contributed by atoms with Crippen molar-refractivity contribution >= 4 is 113 Å². The molecule has 1 aromatic carbocycles. The van der Waals surface area contributed by atoms with E-state index in [0.29, 0.717) is 25.0 Å². The fraction of sp³-hybridized carbons (Fsp3) is 0.630. The molecule has 2 bridgehead atoms. The van der Waals surface area contributed by atoms with Crippen LogP contribution in [0.25, 0.3) is 0 Å². The molecular formula is C27H33BO5PS6. The van der Waals surface area contributed by atoms with Crippen molar-refractivity contribution in [1.29, 1.82) is 0 Å². The van der Waals surface area contributed by atoms with Gasteiger partial charge in [0, 0.05) is 0 Å². The summed E-state index contributed by atoms with van der Waals surface area (Å²) < 4.78 is 3.92. The molecule has 0 aromatic heterocycles. The topological polar surface area (TPSA) is 80.7 Å². The van der Waals surface area contributed by atoms with E-state index in [2.05, 4.69) is 28.8 Å². The number of ketones is 1. The second kappa shape index (κ2) is 11.4. The summed E-state index contributed by atoms with van der Waals surface area (Å²) in [6, 6.07) is 7.64. The number of thiol groups is 4. The predicted octanol–water partition coefficient (Wildman–Crippen LogP) is 4.59. The van der Waals surface area contributed by atoms with E-state index in [1.165, 1.54) is 17.7 Å². The van der Waals surface area contributed by atoms with Gasteiger partial charge in [0.05, 0.1) is 0 Å². The fourth-order valence-electron chi connectivity index (χ4n) is 8.13. The molecule has 0 heterocycles. The first-order valence-electron chi connectivity index (χ1n) is 13.2. The minimum absolute atomic E-state index is 0.0119. The van der Waals surface area contributed by atoms with Crippen LogP contribution < -0.4 is 0 Å². The van der Waals surface area contributed by atoms with Crippen LogP contribution >= 0.6 is 83.3 Å². The van der Waals surface area contributed by atoms with E-state index in [4.69, 9.17) is 50.1 Å². The number of ether oxygens (including phenoxy) is 1. The third-order valence-corrected chi connectivity index (χ3v) is 15.2. The van der Waals surface area contributed by atoms with Crippen LogP contribution in [0.15, 0.2) is 29.2 Å². The SMILES string of the molecule is [B]=C[C@]1(S)C[C@@H](OC(=O)CSc2cccc(CSC(=O)S)c2)[C@]2(S)C(S)CC34CC(C(C)CC3=O)(C42)[C@@H](P)C1O. The number of carbonyl (C=O) groups is 3. The first-order chi connectivity index (χ1) is 18.7. The number of benzene rings is 1. The number of thioether (sulfide) groups is 2. The van der Waals surface area contributed by atoms with E-state index < -0.39 is 38.5 Å². The Labute approximate surface area is 269 Å². The van der Waals surface area contributed by atoms with Crippen molar-refractivity contribution in [1.82, 2.24) is 0 Å². The Kier molecular flexibility index (Phi) is 9.10. The van der Waals surface area contributed by atoms with Crippen molar-refractivity contribution in [2.24, 2.45) is 22.7 Å². The van der Waals surface area contributed by atoms with Gasteiger partial charge >= 0.3 is 238 Å². The molecule has 0 amide bonds. The first-order valence-corrected chi connectivity index (χ1v) is 17.7. The monoisotopic (exact) mass is 671 g/mol. The zero-order chi connectivity index (χ0) is 29.3. The van der Waals surface area contributed by atoms with Crippen LogP contribution in [0.3, 0.4) is 0 Å².